The number of aryl methyl sites for hydroxylation is 2. The van der Waals surface area contributed by atoms with Crippen LogP contribution in [0.1, 0.15) is 39.9 Å². The van der Waals surface area contributed by atoms with Crippen LogP contribution in [-0.4, -0.2) is 73.7 Å². The number of sulfonamides is 1. The molecule has 2 heterocycles. The van der Waals surface area contributed by atoms with Crippen LogP contribution in [0.2, 0.25) is 0 Å². The molecule has 1 saturated heterocycles. The Kier molecular flexibility index (Phi) is 6.79. The maximum absolute atomic E-state index is 13.6. The third kappa shape index (κ3) is 5.13. The van der Waals surface area contributed by atoms with Gasteiger partial charge in [0.05, 0.1) is 5.75 Å². The van der Waals surface area contributed by atoms with Gasteiger partial charge in [-0.25, -0.2) is 17.1 Å². The lowest BCUT2D eigenvalue weighted by Gasteiger charge is -2.34. The summed E-state index contributed by atoms with van der Waals surface area (Å²) in [6.07, 6.45) is 0.850. The molecule has 0 saturated carbocycles. The SMILES string of the molecule is Cc1cc(C(=O)N(C)C)ccc1CCS(=O)(=O)N1CCC2(CC1)N=C(c1cccc(F)c1)NC2=O. The maximum atomic E-state index is 13.6. The van der Waals surface area contributed by atoms with Crippen LogP contribution >= 0.6 is 0 Å². The topological polar surface area (TPSA) is 99.2 Å². The Hall–Kier alpha value is -3.11. The molecule has 8 nitrogen and oxygen atoms in total. The lowest BCUT2D eigenvalue weighted by atomic mass is 9.89. The van der Waals surface area contributed by atoms with Gasteiger partial charge in [-0.3, -0.25) is 14.6 Å². The molecule has 1 fully saturated rings. The van der Waals surface area contributed by atoms with E-state index in [9.17, 15) is 22.4 Å². The maximum Gasteiger partial charge on any atom is 0.253 e. The highest BCUT2D eigenvalue weighted by Gasteiger charge is 2.47. The van der Waals surface area contributed by atoms with Crippen LogP contribution in [0.15, 0.2) is 47.5 Å². The molecule has 0 unspecified atom stereocenters. The smallest absolute Gasteiger partial charge is 0.253 e. The number of aliphatic imine (C=N–C) groups is 1. The van der Waals surface area contributed by atoms with E-state index in [2.05, 4.69) is 10.3 Å². The summed E-state index contributed by atoms with van der Waals surface area (Å²) < 4.78 is 41.1. The molecule has 1 spiro atoms. The van der Waals surface area contributed by atoms with Gasteiger partial charge in [-0.05, 0) is 61.6 Å². The molecule has 2 aromatic carbocycles. The van der Waals surface area contributed by atoms with Gasteiger partial charge in [0.15, 0.2) is 0 Å². The summed E-state index contributed by atoms with van der Waals surface area (Å²) in [5.74, 6) is -0.551. The van der Waals surface area contributed by atoms with Crippen LogP contribution in [0.5, 0.6) is 0 Å². The van der Waals surface area contributed by atoms with Gasteiger partial charge in [0, 0.05) is 38.3 Å². The van der Waals surface area contributed by atoms with Crippen molar-refractivity contribution >= 4 is 27.7 Å². The summed E-state index contributed by atoms with van der Waals surface area (Å²) >= 11 is 0. The Morgan fingerprint density at radius 2 is 1.89 bits per heavy atom. The molecule has 1 N–H and O–H groups in total. The molecule has 2 aromatic rings. The van der Waals surface area contributed by atoms with Gasteiger partial charge >= 0.3 is 0 Å². The number of rotatable bonds is 6. The molecule has 2 aliphatic heterocycles. The van der Waals surface area contributed by atoms with E-state index >= 15 is 0 Å². The Morgan fingerprint density at radius 3 is 2.51 bits per heavy atom. The van der Waals surface area contributed by atoms with Gasteiger partial charge in [0.2, 0.25) is 10.0 Å². The van der Waals surface area contributed by atoms with Crippen molar-refractivity contribution in [2.45, 2.75) is 31.7 Å². The van der Waals surface area contributed by atoms with Gasteiger partial charge in [0.1, 0.15) is 17.2 Å². The Balaban J connectivity index is 1.40. The van der Waals surface area contributed by atoms with E-state index < -0.39 is 21.4 Å². The number of hydrogen-bond acceptors (Lipinski definition) is 5. The monoisotopic (exact) mass is 500 g/mol. The lowest BCUT2D eigenvalue weighted by molar-refractivity contribution is -0.124. The summed E-state index contributed by atoms with van der Waals surface area (Å²) in [6, 6.07) is 11.2. The zero-order chi connectivity index (χ0) is 25.4. The van der Waals surface area contributed by atoms with Gasteiger partial charge < -0.3 is 10.2 Å². The van der Waals surface area contributed by atoms with Crippen LogP contribution in [0.4, 0.5) is 4.39 Å². The van der Waals surface area contributed by atoms with Crippen molar-refractivity contribution in [2.24, 2.45) is 4.99 Å². The number of carbonyl (C=O) groups is 2. The number of amidine groups is 1. The zero-order valence-electron chi connectivity index (χ0n) is 20.0. The van der Waals surface area contributed by atoms with Crippen molar-refractivity contribution in [3.05, 3.63) is 70.5 Å². The van der Waals surface area contributed by atoms with Gasteiger partial charge in [-0.2, -0.15) is 0 Å². The van der Waals surface area contributed by atoms with E-state index in [0.29, 0.717) is 23.4 Å². The van der Waals surface area contributed by atoms with Crippen LogP contribution in [-0.2, 0) is 21.2 Å². The lowest BCUT2D eigenvalue weighted by Crippen LogP contribution is -2.50. The fourth-order valence-electron chi connectivity index (χ4n) is 4.50. The molecular weight excluding hydrogens is 471 g/mol. The first-order valence-electron chi connectivity index (χ1n) is 11.5. The second kappa shape index (κ2) is 9.50. The highest BCUT2D eigenvalue weighted by molar-refractivity contribution is 7.89. The van der Waals surface area contributed by atoms with E-state index in [1.54, 1.807) is 44.4 Å². The average molecular weight is 501 g/mol. The predicted molar refractivity (Wildman–Crippen MR) is 131 cm³/mol. The molecule has 4 rings (SSSR count). The standard InChI is InChI=1S/C25H29FN4O4S/c1-17-15-20(23(31)29(2)3)8-7-18(17)9-14-35(33,34)30-12-10-25(11-13-30)24(32)27-22(28-25)19-5-4-6-21(26)16-19/h4-8,15-16H,9-14H2,1-3H3,(H,27,28,32). The highest BCUT2D eigenvalue weighted by Crippen LogP contribution is 2.32. The number of piperidine rings is 1. The number of hydrogen-bond donors (Lipinski definition) is 1. The molecule has 35 heavy (non-hydrogen) atoms. The molecule has 0 aliphatic carbocycles. The minimum absolute atomic E-state index is 0.0637. The van der Waals surface area contributed by atoms with Crippen molar-refractivity contribution in [1.82, 2.24) is 14.5 Å². The molecule has 0 aromatic heterocycles. The third-order valence-electron chi connectivity index (χ3n) is 6.65. The summed E-state index contributed by atoms with van der Waals surface area (Å²) in [7, 11) is -0.176. The van der Waals surface area contributed by atoms with Crippen molar-refractivity contribution in [2.75, 3.05) is 32.9 Å². The largest absolute Gasteiger partial charge is 0.345 e. The molecular formula is C25H29FN4O4S. The van der Waals surface area contributed by atoms with Gasteiger partial charge in [-0.15, -0.1) is 0 Å². The molecule has 186 valence electrons. The Morgan fingerprint density at radius 1 is 1.17 bits per heavy atom. The fraction of sp³-hybridized carbons (Fsp3) is 0.400. The minimum Gasteiger partial charge on any atom is -0.345 e. The Bertz CT molecular complexity index is 1300. The van der Waals surface area contributed by atoms with Crippen LogP contribution in [0.3, 0.4) is 0 Å². The third-order valence-corrected chi connectivity index (χ3v) is 8.52. The molecule has 0 radical (unpaired) electrons. The summed E-state index contributed by atoms with van der Waals surface area (Å²) in [5, 5.41) is 2.73. The van der Waals surface area contributed by atoms with Crippen molar-refractivity contribution in [1.29, 1.82) is 0 Å². The summed E-state index contributed by atoms with van der Waals surface area (Å²) in [5.41, 5.74) is 1.76. The second-order valence-corrected chi connectivity index (χ2v) is 11.4. The van der Waals surface area contributed by atoms with Crippen molar-refractivity contribution < 1.29 is 22.4 Å². The predicted octanol–water partition coefficient (Wildman–Crippen LogP) is 2.12. The second-order valence-electron chi connectivity index (χ2n) is 9.26. The van der Waals surface area contributed by atoms with Crippen molar-refractivity contribution in [3.63, 3.8) is 0 Å². The molecule has 2 aliphatic rings. The summed E-state index contributed by atoms with van der Waals surface area (Å²) in [4.78, 5) is 30.9. The first-order chi connectivity index (χ1) is 16.5. The van der Waals surface area contributed by atoms with E-state index in [-0.39, 0.29) is 43.5 Å². The van der Waals surface area contributed by atoms with Crippen LogP contribution in [0, 0.1) is 12.7 Å². The number of halogens is 1. The average Bonchev–Trinajstić information content (AvgIpc) is 3.13. The number of nitrogens with one attached hydrogen (secondary N) is 1. The first kappa shape index (κ1) is 25.0. The normalized spacial score (nSPS) is 17.8. The van der Waals surface area contributed by atoms with Crippen LogP contribution in [0.25, 0.3) is 0 Å². The van der Waals surface area contributed by atoms with Gasteiger partial charge in [0.25, 0.3) is 11.8 Å². The molecule has 10 heteroatoms. The molecule has 2 amide bonds. The minimum atomic E-state index is -3.54. The number of amides is 2. The van der Waals surface area contributed by atoms with Crippen molar-refractivity contribution in [3.8, 4) is 0 Å². The molecule has 0 bridgehead atoms. The number of nitrogens with zero attached hydrogens (tertiary/aromatic N) is 3. The van der Waals surface area contributed by atoms with Gasteiger partial charge in [-0.1, -0.05) is 18.2 Å². The number of carbonyl (C=O) groups excluding carboxylic acids is 2. The Labute approximate surface area is 204 Å². The van der Waals surface area contributed by atoms with E-state index in [1.165, 1.54) is 21.3 Å². The fourth-order valence-corrected chi connectivity index (χ4v) is 5.97. The number of benzene rings is 2. The highest BCUT2D eigenvalue weighted by atomic mass is 32.2. The zero-order valence-corrected chi connectivity index (χ0v) is 20.9. The quantitative estimate of drug-likeness (QED) is 0.657. The molecule has 0 atom stereocenters. The van der Waals surface area contributed by atoms with E-state index in [0.717, 1.165) is 11.1 Å². The van der Waals surface area contributed by atoms with E-state index in [1.807, 2.05) is 6.92 Å². The van der Waals surface area contributed by atoms with E-state index in [4.69, 9.17) is 0 Å². The van der Waals surface area contributed by atoms with Crippen LogP contribution < -0.4 is 5.32 Å². The summed E-state index contributed by atoms with van der Waals surface area (Å²) in [6.45, 7) is 2.24. The first-order valence-corrected chi connectivity index (χ1v) is 13.1.